The quantitative estimate of drug-likeness (QED) is 0.774. The molecular weight excluding hydrogens is 230 g/mol. The van der Waals surface area contributed by atoms with Crippen molar-refractivity contribution < 1.29 is 17.2 Å². The van der Waals surface area contributed by atoms with Crippen LogP contribution in [0.3, 0.4) is 0 Å². The molecule has 1 heterocycles. The molecular formula is C7H8F2N2O3S. The van der Waals surface area contributed by atoms with Crippen molar-refractivity contribution in [1.29, 1.82) is 0 Å². The Kier molecular flexibility index (Phi) is 2.91. The molecule has 0 aromatic carbocycles. The minimum atomic E-state index is -4.30. The summed E-state index contributed by atoms with van der Waals surface area (Å²) in [6.45, 7) is 1.26. The Hall–Kier alpha value is -1.28. The van der Waals surface area contributed by atoms with Gasteiger partial charge in [0.15, 0.2) is 0 Å². The van der Waals surface area contributed by atoms with E-state index in [2.05, 4.69) is 4.98 Å². The molecule has 0 amide bonds. The summed E-state index contributed by atoms with van der Waals surface area (Å²) in [7, 11) is -4.30. The van der Waals surface area contributed by atoms with Gasteiger partial charge in [0.05, 0.1) is 5.56 Å². The number of aromatic amines is 1. The molecule has 0 aliphatic rings. The first-order valence-electron chi connectivity index (χ1n) is 3.78. The van der Waals surface area contributed by atoms with E-state index in [1.54, 1.807) is 0 Å². The summed E-state index contributed by atoms with van der Waals surface area (Å²) in [5.41, 5.74) is -2.24. The first-order chi connectivity index (χ1) is 6.75. The second-order valence-electron chi connectivity index (χ2n) is 2.87. The third-order valence-corrected chi connectivity index (χ3v) is 2.83. The summed E-state index contributed by atoms with van der Waals surface area (Å²) >= 11 is 0. The van der Waals surface area contributed by atoms with Crippen LogP contribution in [0.4, 0.5) is 8.78 Å². The van der Waals surface area contributed by atoms with Gasteiger partial charge in [-0.2, -0.15) is 0 Å². The van der Waals surface area contributed by atoms with Gasteiger partial charge in [-0.15, -0.1) is 0 Å². The summed E-state index contributed by atoms with van der Waals surface area (Å²) in [6.07, 6.45) is -2.27. The predicted octanol–water partition coefficient (Wildman–Crippen LogP) is 0.268. The first kappa shape index (κ1) is 11.8. The van der Waals surface area contributed by atoms with Crippen LogP contribution in [0.1, 0.15) is 17.7 Å². The Morgan fingerprint density at radius 2 is 2.00 bits per heavy atom. The molecule has 8 heteroatoms. The molecule has 0 spiro atoms. The van der Waals surface area contributed by atoms with E-state index < -0.39 is 32.3 Å². The monoisotopic (exact) mass is 238 g/mol. The van der Waals surface area contributed by atoms with Crippen LogP contribution >= 0.6 is 0 Å². The minimum Gasteiger partial charge on any atom is -0.363 e. The number of nitrogens with two attached hydrogens (primary N) is 1. The number of halogens is 2. The number of pyridine rings is 1. The third-order valence-electron chi connectivity index (χ3n) is 1.77. The number of H-pyrrole nitrogens is 1. The number of rotatable bonds is 2. The van der Waals surface area contributed by atoms with E-state index in [9.17, 15) is 22.0 Å². The molecule has 0 atom stereocenters. The van der Waals surface area contributed by atoms with Gasteiger partial charge in [-0.25, -0.2) is 22.3 Å². The molecule has 0 radical (unpaired) electrons. The molecule has 0 aliphatic heterocycles. The van der Waals surface area contributed by atoms with Crippen LogP contribution in [0.5, 0.6) is 0 Å². The maximum Gasteiger partial charge on any atom is 0.269 e. The topological polar surface area (TPSA) is 93.0 Å². The maximum atomic E-state index is 12.3. The Labute approximate surface area is 84.0 Å². The van der Waals surface area contributed by atoms with E-state index in [-0.39, 0.29) is 5.69 Å². The number of hydrogen-bond acceptors (Lipinski definition) is 3. The van der Waals surface area contributed by atoms with Crippen LogP contribution in [0.2, 0.25) is 0 Å². The van der Waals surface area contributed by atoms with Crippen LogP contribution < -0.4 is 10.6 Å². The molecule has 3 N–H and O–H groups in total. The van der Waals surface area contributed by atoms with Gasteiger partial charge >= 0.3 is 0 Å². The number of sulfonamides is 1. The Bertz CT molecular complexity index is 536. The van der Waals surface area contributed by atoms with Crippen LogP contribution in [0.15, 0.2) is 15.9 Å². The Morgan fingerprint density at radius 1 is 1.47 bits per heavy atom. The lowest BCUT2D eigenvalue weighted by Gasteiger charge is -2.05. The molecule has 0 saturated heterocycles. The minimum absolute atomic E-state index is 0.0631. The second kappa shape index (κ2) is 3.70. The van der Waals surface area contributed by atoms with Crippen molar-refractivity contribution in [2.75, 3.05) is 0 Å². The van der Waals surface area contributed by atoms with Gasteiger partial charge in [0.1, 0.15) is 4.90 Å². The molecule has 0 aliphatic carbocycles. The highest BCUT2D eigenvalue weighted by atomic mass is 32.2. The van der Waals surface area contributed by atoms with Crippen LogP contribution in [0.25, 0.3) is 0 Å². The molecule has 0 unspecified atom stereocenters. The number of hydrogen-bond donors (Lipinski definition) is 2. The molecule has 84 valence electrons. The zero-order chi connectivity index (χ0) is 11.8. The van der Waals surface area contributed by atoms with Gasteiger partial charge in [0, 0.05) is 11.9 Å². The SMILES string of the molecule is Cc1[nH]cc(C(F)F)c(=O)c1S(N)(=O)=O. The van der Waals surface area contributed by atoms with E-state index in [0.29, 0.717) is 0 Å². The molecule has 1 aromatic heterocycles. The molecule has 0 bridgehead atoms. The number of aromatic nitrogens is 1. The van der Waals surface area contributed by atoms with Gasteiger partial charge < -0.3 is 4.98 Å². The van der Waals surface area contributed by atoms with Gasteiger partial charge in [-0.3, -0.25) is 4.79 Å². The highest BCUT2D eigenvalue weighted by Gasteiger charge is 2.22. The van der Waals surface area contributed by atoms with E-state index in [4.69, 9.17) is 5.14 Å². The van der Waals surface area contributed by atoms with Gasteiger partial charge in [-0.1, -0.05) is 0 Å². The normalized spacial score (nSPS) is 12.1. The van der Waals surface area contributed by atoms with Crippen molar-refractivity contribution in [3.63, 3.8) is 0 Å². The zero-order valence-electron chi connectivity index (χ0n) is 7.62. The van der Waals surface area contributed by atoms with Crippen molar-refractivity contribution >= 4 is 10.0 Å². The van der Waals surface area contributed by atoms with Crippen molar-refractivity contribution in [3.8, 4) is 0 Å². The van der Waals surface area contributed by atoms with E-state index in [1.807, 2.05) is 0 Å². The lowest BCUT2D eigenvalue weighted by Crippen LogP contribution is -2.26. The van der Waals surface area contributed by atoms with E-state index in [1.165, 1.54) is 6.92 Å². The number of nitrogens with one attached hydrogen (secondary N) is 1. The summed E-state index contributed by atoms with van der Waals surface area (Å²) in [5.74, 6) is 0. The zero-order valence-corrected chi connectivity index (χ0v) is 8.44. The van der Waals surface area contributed by atoms with Crippen molar-refractivity contribution in [2.24, 2.45) is 5.14 Å². The van der Waals surface area contributed by atoms with Crippen molar-refractivity contribution in [1.82, 2.24) is 4.98 Å². The summed E-state index contributed by atoms with van der Waals surface area (Å²) in [4.78, 5) is 12.8. The highest BCUT2D eigenvalue weighted by Crippen LogP contribution is 2.16. The van der Waals surface area contributed by atoms with E-state index in [0.717, 1.165) is 6.20 Å². The van der Waals surface area contributed by atoms with Crippen molar-refractivity contribution in [2.45, 2.75) is 18.2 Å². The molecule has 15 heavy (non-hydrogen) atoms. The summed E-state index contributed by atoms with van der Waals surface area (Å²) < 4.78 is 46.5. The lowest BCUT2D eigenvalue weighted by atomic mass is 10.2. The summed E-state index contributed by atoms with van der Waals surface area (Å²) in [6, 6.07) is 0. The average molecular weight is 238 g/mol. The van der Waals surface area contributed by atoms with Crippen LogP contribution in [-0.2, 0) is 10.0 Å². The maximum absolute atomic E-state index is 12.3. The van der Waals surface area contributed by atoms with E-state index >= 15 is 0 Å². The highest BCUT2D eigenvalue weighted by molar-refractivity contribution is 7.89. The summed E-state index contributed by atoms with van der Waals surface area (Å²) in [5, 5.41) is 4.73. The van der Waals surface area contributed by atoms with Gasteiger partial charge in [-0.05, 0) is 6.92 Å². The second-order valence-corrected chi connectivity index (χ2v) is 4.37. The fraction of sp³-hybridized carbons (Fsp3) is 0.286. The predicted molar refractivity (Wildman–Crippen MR) is 48.1 cm³/mol. The average Bonchev–Trinajstić information content (AvgIpc) is 2.00. The molecule has 0 fully saturated rings. The Morgan fingerprint density at radius 3 is 2.40 bits per heavy atom. The Balaban J connectivity index is 3.67. The molecule has 5 nitrogen and oxygen atoms in total. The van der Waals surface area contributed by atoms with Gasteiger partial charge in [0.2, 0.25) is 15.5 Å². The van der Waals surface area contributed by atoms with Crippen molar-refractivity contribution in [3.05, 3.63) is 27.7 Å². The largest absolute Gasteiger partial charge is 0.363 e. The standard InChI is InChI=1S/C7H8F2N2O3S/c1-3-6(15(10,13)14)5(12)4(2-11-3)7(8)9/h2,7H,1H3,(H,11,12)(H2,10,13,14). The van der Waals surface area contributed by atoms with Crippen LogP contribution in [0, 0.1) is 6.92 Å². The lowest BCUT2D eigenvalue weighted by molar-refractivity contribution is 0.149. The smallest absolute Gasteiger partial charge is 0.269 e. The molecule has 1 aromatic rings. The fourth-order valence-corrected chi connectivity index (χ4v) is 1.99. The number of aryl methyl sites for hydroxylation is 1. The van der Waals surface area contributed by atoms with Gasteiger partial charge in [0.25, 0.3) is 6.43 Å². The third kappa shape index (κ3) is 2.21. The number of primary sulfonamides is 1. The molecule has 1 rings (SSSR count). The van der Waals surface area contributed by atoms with Crippen LogP contribution in [-0.4, -0.2) is 13.4 Å². The first-order valence-corrected chi connectivity index (χ1v) is 5.33. The molecule has 0 saturated carbocycles. The number of alkyl halides is 2. The fourth-order valence-electron chi connectivity index (χ4n) is 1.12.